The van der Waals surface area contributed by atoms with Crippen molar-refractivity contribution < 1.29 is 13.7 Å². The number of fused-ring (bicyclic) bond motifs is 1. The number of benzene rings is 1. The van der Waals surface area contributed by atoms with Gasteiger partial charge in [0.2, 0.25) is 5.91 Å². The molecule has 7 heteroatoms. The van der Waals surface area contributed by atoms with Gasteiger partial charge in [0.15, 0.2) is 17.3 Å². The number of hydrogen-bond donors (Lipinski definition) is 1. The lowest BCUT2D eigenvalue weighted by Gasteiger charge is -2.34. The van der Waals surface area contributed by atoms with E-state index in [-0.39, 0.29) is 17.9 Å². The van der Waals surface area contributed by atoms with Gasteiger partial charge in [-0.2, -0.15) is 0 Å². The van der Waals surface area contributed by atoms with Crippen LogP contribution in [0, 0.1) is 6.92 Å². The summed E-state index contributed by atoms with van der Waals surface area (Å²) in [7, 11) is 0. The van der Waals surface area contributed by atoms with Crippen molar-refractivity contribution >= 4 is 22.8 Å². The lowest BCUT2D eigenvalue weighted by atomic mass is 9.96. The predicted octanol–water partition coefficient (Wildman–Crippen LogP) is 3.33. The molecule has 1 amide bonds. The molecule has 0 aliphatic carbocycles. The van der Waals surface area contributed by atoms with Gasteiger partial charge in [-0.1, -0.05) is 17.3 Å². The molecule has 3 heterocycles. The second-order valence-electron chi connectivity index (χ2n) is 6.84. The van der Waals surface area contributed by atoms with E-state index in [0.717, 1.165) is 42.9 Å². The third kappa shape index (κ3) is 3.35. The Balaban J connectivity index is 1.44. The van der Waals surface area contributed by atoms with Crippen LogP contribution in [0.25, 0.3) is 11.1 Å². The summed E-state index contributed by atoms with van der Waals surface area (Å²) in [6.07, 6.45) is 2.02. The number of carbonyl (C=O) groups excluding carboxylic acids is 1. The summed E-state index contributed by atoms with van der Waals surface area (Å²) in [4.78, 5) is 19.3. The van der Waals surface area contributed by atoms with E-state index < -0.39 is 0 Å². The quantitative estimate of drug-likeness (QED) is 0.774. The fraction of sp³-hybridized carbons (Fsp3) is 0.421. The second-order valence-corrected chi connectivity index (χ2v) is 6.84. The van der Waals surface area contributed by atoms with Gasteiger partial charge in [0, 0.05) is 18.5 Å². The molecule has 7 nitrogen and oxygen atoms in total. The highest BCUT2D eigenvalue weighted by Crippen LogP contribution is 2.29. The monoisotopic (exact) mass is 354 g/mol. The zero-order chi connectivity index (χ0) is 18.1. The van der Waals surface area contributed by atoms with Gasteiger partial charge in [0.25, 0.3) is 0 Å². The predicted molar refractivity (Wildman–Crippen MR) is 96.9 cm³/mol. The largest absolute Gasteiger partial charge is 0.440 e. The minimum absolute atomic E-state index is 0.0866. The Bertz CT molecular complexity index is 883. The maximum atomic E-state index is 12.5. The molecule has 4 rings (SSSR count). The fourth-order valence-electron chi connectivity index (χ4n) is 3.45. The number of nitrogens with one attached hydrogen (secondary N) is 1. The summed E-state index contributed by atoms with van der Waals surface area (Å²) < 4.78 is 10.9. The lowest BCUT2D eigenvalue weighted by Crippen LogP contribution is -2.46. The first kappa shape index (κ1) is 16.8. The van der Waals surface area contributed by atoms with Crippen LogP contribution >= 0.6 is 0 Å². The lowest BCUT2D eigenvalue weighted by molar-refractivity contribution is -0.121. The van der Waals surface area contributed by atoms with Gasteiger partial charge in [0.1, 0.15) is 11.3 Å². The van der Waals surface area contributed by atoms with Crippen LogP contribution in [0.4, 0.5) is 5.82 Å². The van der Waals surface area contributed by atoms with E-state index in [2.05, 4.69) is 20.4 Å². The molecule has 0 spiro atoms. The minimum atomic E-state index is -0.265. The van der Waals surface area contributed by atoms with Gasteiger partial charge in [-0.05, 0) is 45.4 Å². The van der Waals surface area contributed by atoms with Crippen molar-refractivity contribution in [2.24, 2.45) is 0 Å². The van der Waals surface area contributed by atoms with Gasteiger partial charge in [-0.15, -0.1) is 0 Å². The Morgan fingerprint density at radius 1 is 1.38 bits per heavy atom. The minimum Gasteiger partial charge on any atom is -0.440 e. The number of para-hydroxylation sites is 2. The summed E-state index contributed by atoms with van der Waals surface area (Å²) in [5, 5.41) is 6.63. The number of anilines is 1. The average Bonchev–Trinajstić information content (AvgIpc) is 3.27. The molecule has 1 aromatic carbocycles. The Morgan fingerprint density at radius 3 is 3.00 bits per heavy atom. The van der Waals surface area contributed by atoms with Crippen LogP contribution in [0.2, 0.25) is 0 Å². The third-order valence-corrected chi connectivity index (χ3v) is 4.92. The molecule has 1 aliphatic heterocycles. The number of amides is 1. The van der Waals surface area contributed by atoms with Crippen LogP contribution in [0.3, 0.4) is 0 Å². The van der Waals surface area contributed by atoms with Crippen LogP contribution < -0.4 is 5.32 Å². The van der Waals surface area contributed by atoms with E-state index >= 15 is 0 Å². The molecule has 1 aliphatic rings. The van der Waals surface area contributed by atoms with E-state index in [0.29, 0.717) is 11.6 Å². The van der Waals surface area contributed by atoms with Crippen LogP contribution in [0.5, 0.6) is 0 Å². The van der Waals surface area contributed by atoms with Crippen molar-refractivity contribution in [2.75, 3.05) is 18.4 Å². The van der Waals surface area contributed by atoms with Crippen LogP contribution in [0.1, 0.15) is 37.3 Å². The van der Waals surface area contributed by atoms with Crippen molar-refractivity contribution in [1.29, 1.82) is 0 Å². The fourth-order valence-corrected chi connectivity index (χ4v) is 3.45. The molecular weight excluding hydrogens is 332 g/mol. The average molecular weight is 354 g/mol. The molecule has 26 heavy (non-hydrogen) atoms. The molecule has 136 valence electrons. The van der Waals surface area contributed by atoms with Crippen molar-refractivity contribution in [3.05, 3.63) is 42.0 Å². The van der Waals surface area contributed by atoms with E-state index in [4.69, 9.17) is 8.94 Å². The van der Waals surface area contributed by atoms with Gasteiger partial charge in [0.05, 0.1) is 6.04 Å². The summed E-state index contributed by atoms with van der Waals surface area (Å²) in [5.41, 5.74) is 1.69. The normalized spacial score (nSPS) is 19.5. The number of oxazole rings is 1. The maximum absolute atomic E-state index is 12.5. The number of aromatic nitrogens is 2. The smallest absolute Gasteiger partial charge is 0.242 e. The van der Waals surface area contributed by atoms with E-state index in [1.165, 1.54) is 0 Å². The third-order valence-electron chi connectivity index (χ3n) is 4.92. The number of likely N-dealkylation sites (tertiary alicyclic amines) is 1. The molecule has 0 saturated carbocycles. The Hall–Kier alpha value is -2.67. The van der Waals surface area contributed by atoms with E-state index in [9.17, 15) is 4.79 Å². The summed E-state index contributed by atoms with van der Waals surface area (Å²) in [6.45, 7) is 5.33. The molecular formula is C19H22N4O3. The highest BCUT2D eigenvalue weighted by Gasteiger charge is 2.30. The number of piperidine rings is 1. The zero-order valence-corrected chi connectivity index (χ0v) is 14.9. The SMILES string of the molecule is Cc1cc(NC(=O)C(C)N2CCCC(c3nc4ccccc4o3)C2)no1. The van der Waals surface area contributed by atoms with Crippen molar-refractivity contribution in [3.63, 3.8) is 0 Å². The van der Waals surface area contributed by atoms with Crippen LogP contribution in [-0.2, 0) is 4.79 Å². The van der Waals surface area contributed by atoms with Gasteiger partial charge in [-0.25, -0.2) is 4.98 Å². The van der Waals surface area contributed by atoms with Gasteiger partial charge < -0.3 is 14.3 Å². The Kier molecular flexibility index (Phi) is 4.46. The Morgan fingerprint density at radius 2 is 2.23 bits per heavy atom. The zero-order valence-electron chi connectivity index (χ0n) is 14.9. The van der Waals surface area contributed by atoms with E-state index in [1.807, 2.05) is 31.2 Å². The van der Waals surface area contributed by atoms with Crippen molar-refractivity contribution in [1.82, 2.24) is 15.0 Å². The first-order valence-electron chi connectivity index (χ1n) is 8.94. The molecule has 1 saturated heterocycles. The summed E-state index contributed by atoms with van der Waals surface area (Å²) in [5.74, 6) is 1.99. The molecule has 2 unspecified atom stereocenters. The molecule has 0 bridgehead atoms. The molecule has 1 N–H and O–H groups in total. The second kappa shape index (κ2) is 6.92. The topological polar surface area (TPSA) is 84.4 Å². The first-order valence-corrected chi connectivity index (χ1v) is 8.94. The van der Waals surface area contributed by atoms with Crippen LogP contribution in [-0.4, -0.2) is 40.1 Å². The standard InChI is InChI=1S/C19H22N4O3/c1-12-10-17(22-26-12)21-18(24)13(2)23-9-5-6-14(11-23)19-20-15-7-3-4-8-16(15)25-19/h3-4,7-8,10,13-14H,5-6,9,11H2,1-2H3,(H,21,22,24). The van der Waals surface area contributed by atoms with Crippen molar-refractivity contribution in [3.8, 4) is 0 Å². The van der Waals surface area contributed by atoms with Crippen LogP contribution in [0.15, 0.2) is 39.3 Å². The van der Waals surface area contributed by atoms with Gasteiger partial charge >= 0.3 is 0 Å². The molecule has 2 atom stereocenters. The summed E-state index contributed by atoms with van der Waals surface area (Å²) >= 11 is 0. The Labute approximate surface area is 151 Å². The molecule has 0 radical (unpaired) electrons. The number of nitrogens with zero attached hydrogens (tertiary/aromatic N) is 3. The highest BCUT2D eigenvalue weighted by atomic mass is 16.5. The number of carbonyl (C=O) groups is 1. The first-order chi connectivity index (χ1) is 12.6. The molecule has 2 aromatic heterocycles. The maximum Gasteiger partial charge on any atom is 0.242 e. The number of aryl methyl sites for hydroxylation is 1. The number of hydrogen-bond acceptors (Lipinski definition) is 6. The van der Waals surface area contributed by atoms with E-state index in [1.54, 1.807) is 13.0 Å². The van der Waals surface area contributed by atoms with Gasteiger partial charge in [-0.3, -0.25) is 9.69 Å². The number of rotatable bonds is 4. The molecule has 1 fully saturated rings. The summed E-state index contributed by atoms with van der Waals surface area (Å²) in [6, 6.07) is 9.24. The van der Waals surface area contributed by atoms with Crippen molar-refractivity contribution in [2.45, 2.75) is 38.6 Å². The highest BCUT2D eigenvalue weighted by molar-refractivity contribution is 5.93. The molecule has 3 aromatic rings.